The SMILES string of the molecule is CC1C[15N]([13CH3])C(C(=O)[15NH][13CH2][13CH2][13CH2][13CH2][15NH]C(=O)ON2C(=O)CCC2=O)C(C)[15N]1[13CH3]. The Morgan fingerprint density at radius 2 is 1.61 bits per heavy atom. The van der Waals surface area contributed by atoms with Crippen molar-refractivity contribution in [3.05, 3.63) is 0 Å². The first-order chi connectivity index (χ1) is 13.2. The zero-order valence-corrected chi connectivity index (χ0v) is 17.1. The summed E-state index contributed by atoms with van der Waals surface area (Å²) in [6, 6.07) is 0.340. The van der Waals surface area contributed by atoms with Gasteiger partial charge in [-0.15, -0.1) is 5.06 Å². The van der Waals surface area contributed by atoms with Gasteiger partial charge in [-0.1, -0.05) is 0 Å². The van der Waals surface area contributed by atoms with E-state index >= 15 is 0 Å². The van der Waals surface area contributed by atoms with Crippen molar-refractivity contribution in [2.75, 3.05) is 33.7 Å². The van der Waals surface area contributed by atoms with Crippen LogP contribution >= 0.6 is 0 Å². The maximum Gasteiger partial charge on any atom is 0.432 e. The van der Waals surface area contributed by atoms with E-state index in [0.717, 1.165) is 6.54 Å². The number of imide groups is 1. The smallest absolute Gasteiger partial charge is 0.355 e. The molecule has 0 radical (unpaired) electrons. The van der Waals surface area contributed by atoms with Gasteiger partial charge in [0.05, 0.1) is 0 Å². The van der Waals surface area contributed by atoms with Crippen LogP contribution in [0.4, 0.5) is 4.79 Å². The highest BCUT2D eigenvalue weighted by molar-refractivity contribution is 6.01. The van der Waals surface area contributed by atoms with Crippen LogP contribution in [0.25, 0.3) is 0 Å². The van der Waals surface area contributed by atoms with Crippen molar-refractivity contribution in [3.63, 3.8) is 0 Å². The second kappa shape index (κ2) is 9.83. The lowest BCUT2D eigenvalue weighted by Crippen LogP contribution is -2.64. The van der Waals surface area contributed by atoms with Gasteiger partial charge in [0, 0.05) is 44.6 Å². The molecule has 10 heteroatoms. The lowest BCUT2D eigenvalue weighted by molar-refractivity contribution is -0.171. The summed E-state index contributed by atoms with van der Waals surface area (Å²) in [7, 11) is 4.01. The van der Waals surface area contributed by atoms with Crippen molar-refractivity contribution in [2.45, 2.75) is 57.7 Å². The molecule has 3 atom stereocenters. The van der Waals surface area contributed by atoms with Crippen molar-refractivity contribution in [3.8, 4) is 0 Å². The lowest BCUT2D eigenvalue weighted by Gasteiger charge is -2.46. The number of likely N-dealkylation sites (N-methyl/N-ethyl adjacent to an activating group) is 2. The summed E-state index contributed by atoms with van der Waals surface area (Å²) < 4.78 is 0. The predicted octanol–water partition coefficient (Wildman–Crippen LogP) is -0.304. The summed E-state index contributed by atoms with van der Waals surface area (Å²) in [5, 5.41) is 5.96. The third kappa shape index (κ3) is 5.41. The fourth-order valence-electron chi connectivity index (χ4n) is 3.60. The minimum atomic E-state index is -0.831. The highest BCUT2D eigenvalue weighted by Gasteiger charge is 2.38. The number of nitrogens with one attached hydrogen (secondary N) is 2. The molecule has 2 N–H and O–H groups in total. The highest BCUT2D eigenvalue weighted by atomic mass is 16.7. The fraction of sp³-hybridized carbons (Fsp3) is 0.778. The van der Waals surface area contributed by atoms with E-state index in [1.54, 1.807) is 0 Å². The van der Waals surface area contributed by atoms with Crippen LogP contribution < -0.4 is 10.6 Å². The molecule has 0 aromatic rings. The van der Waals surface area contributed by atoms with E-state index in [4.69, 9.17) is 4.84 Å². The van der Waals surface area contributed by atoms with Crippen molar-refractivity contribution < 1.29 is 24.0 Å². The van der Waals surface area contributed by atoms with Gasteiger partial charge in [0.25, 0.3) is 11.8 Å². The first kappa shape index (κ1) is 22.1. The number of unbranched alkanes of at least 4 members (excludes halogenated alkanes) is 1. The number of carbonyl (C=O) groups is 4. The van der Waals surface area contributed by atoms with Gasteiger partial charge < -0.3 is 15.5 Å². The molecule has 2 rings (SSSR count). The molecule has 2 fully saturated rings. The number of hydrogen-bond donors (Lipinski definition) is 2. The monoisotopic (exact) mass is 407 g/mol. The molecule has 0 bridgehead atoms. The van der Waals surface area contributed by atoms with Crippen LogP contribution in [-0.2, 0) is 19.2 Å². The molecule has 2 aliphatic rings. The maximum absolute atomic E-state index is 12.5. The molecule has 2 heterocycles. The molecule has 0 saturated carbocycles. The molecule has 0 aromatic heterocycles. The topological polar surface area (TPSA) is 111 Å². The van der Waals surface area contributed by atoms with Crippen LogP contribution in [0.2, 0.25) is 0 Å². The first-order valence-electron chi connectivity index (χ1n) is 9.73. The minimum absolute atomic E-state index is 0.00665. The standard InChI is InChI=1S/C18H31N5O5/c1-12-11-21(3)16(13(2)22(12)4)17(26)19-9-5-6-10-20-18(27)28-23-14(24)7-8-15(23)25/h12-13,16H,5-11H2,1-4H3,(H,19,26)(H,20,27)/i3+1,4+1,5+1,6+1,9+1,10+1,19+1,20+1,21+1,22+1. The van der Waals surface area contributed by atoms with Gasteiger partial charge in [0.15, 0.2) is 0 Å². The van der Waals surface area contributed by atoms with E-state index in [2.05, 4.69) is 34.3 Å². The van der Waals surface area contributed by atoms with Crippen molar-refractivity contribution in [1.29, 1.82) is 0 Å². The van der Waals surface area contributed by atoms with Gasteiger partial charge in [-0.25, -0.2) is 4.79 Å². The van der Waals surface area contributed by atoms with Gasteiger partial charge in [-0.05, 0) is 40.8 Å². The Morgan fingerprint density at radius 3 is 2.21 bits per heavy atom. The maximum atomic E-state index is 12.5. The second-order valence-corrected chi connectivity index (χ2v) is 7.53. The van der Waals surface area contributed by atoms with Crippen LogP contribution in [0, 0.1) is 0 Å². The molecule has 4 amide bonds. The number of nitrogens with zero attached hydrogens (tertiary/aromatic N) is 3. The molecule has 2 saturated heterocycles. The van der Waals surface area contributed by atoms with Gasteiger partial charge in [0.1, 0.15) is 6.04 Å². The van der Waals surface area contributed by atoms with E-state index < -0.39 is 17.9 Å². The number of carbonyl (C=O) groups excluding carboxylic acids is 4. The van der Waals surface area contributed by atoms with E-state index in [-0.39, 0.29) is 30.8 Å². The number of piperazine rings is 1. The van der Waals surface area contributed by atoms with Crippen LogP contribution in [-0.4, -0.2) is 90.5 Å². The average molecular weight is 407 g/mol. The van der Waals surface area contributed by atoms with Gasteiger partial charge >= 0.3 is 6.09 Å². The molecule has 28 heavy (non-hydrogen) atoms. The average Bonchev–Trinajstić information content (AvgIpc) is 2.94. The van der Waals surface area contributed by atoms with Gasteiger partial charge in [-0.3, -0.25) is 24.2 Å². The molecule has 0 aliphatic carbocycles. The molecule has 3 unspecified atom stereocenters. The summed E-state index contributed by atoms with van der Waals surface area (Å²) in [4.78, 5) is 55.9. The van der Waals surface area contributed by atoms with Crippen molar-refractivity contribution >= 4 is 23.8 Å². The number of hydroxylamine groups is 2. The number of hydrogen-bond acceptors (Lipinski definition) is 7. The minimum Gasteiger partial charge on any atom is -0.355 e. The summed E-state index contributed by atoms with van der Waals surface area (Å²) in [6.07, 6.45) is 0.613. The molecule has 158 valence electrons. The van der Waals surface area contributed by atoms with Crippen LogP contribution in [0.15, 0.2) is 0 Å². The van der Waals surface area contributed by atoms with Crippen molar-refractivity contribution in [2.24, 2.45) is 0 Å². The summed E-state index contributed by atoms with van der Waals surface area (Å²) >= 11 is 0. The van der Waals surface area contributed by atoms with E-state index in [9.17, 15) is 19.2 Å². The molecule has 0 spiro atoms. The van der Waals surface area contributed by atoms with Crippen LogP contribution in [0.3, 0.4) is 0 Å². The second-order valence-electron chi connectivity index (χ2n) is 7.53. The largest absolute Gasteiger partial charge is 0.432 e. The third-order valence-electron chi connectivity index (χ3n) is 5.44. The zero-order chi connectivity index (χ0) is 20.8. The lowest BCUT2D eigenvalue weighted by atomic mass is 10.1. The summed E-state index contributed by atoms with van der Waals surface area (Å²) in [5.41, 5.74) is 0. The highest BCUT2D eigenvalue weighted by Crippen LogP contribution is 2.18. The first-order valence-corrected chi connectivity index (χ1v) is 9.73. The molecular formula is C18H31N5O5. The predicted molar refractivity (Wildman–Crippen MR) is 101 cm³/mol. The Kier molecular flexibility index (Phi) is 7.76. The normalized spacial score (nSPS) is 26.4. The Hall–Kier alpha value is -2.20. The van der Waals surface area contributed by atoms with Crippen molar-refractivity contribution in [1.82, 2.24) is 25.5 Å². The number of rotatable bonds is 7. The van der Waals surface area contributed by atoms with Gasteiger partial charge in [-0.2, -0.15) is 0 Å². The molecule has 0 aromatic carbocycles. The summed E-state index contributed by atoms with van der Waals surface area (Å²) in [5.74, 6) is -1.01. The van der Waals surface area contributed by atoms with Crippen LogP contribution in [0.1, 0.15) is 39.5 Å². The quantitative estimate of drug-likeness (QED) is 0.258. The Morgan fingerprint density at radius 1 is 1.04 bits per heavy atom. The van der Waals surface area contributed by atoms with E-state index in [0.29, 0.717) is 37.0 Å². The van der Waals surface area contributed by atoms with Gasteiger partial charge in [0.2, 0.25) is 5.91 Å². The molecular weight excluding hydrogens is 376 g/mol. The number of amides is 4. The van der Waals surface area contributed by atoms with E-state index in [1.807, 2.05) is 14.1 Å². The third-order valence-corrected chi connectivity index (χ3v) is 5.44. The molecule has 2 aliphatic heterocycles. The molecule has 10 nitrogen and oxygen atoms in total. The Bertz CT molecular complexity index is 597. The Balaban J connectivity index is 1.61. The van der Waals surface area contributed by atoms with Crippen LogP contribution in [0.5, 0.6) is 0 Å². The Labute approximate surface area is 165 Å². The van der Waals surface area contributed by atoms with E-state index in [1.165, 1.54) is 0 Å². The fourth-order valence-corrected chi connectivity index (χ4v) is 3.60. The zero-order valence-electron chi connectivity index (χ0n) is 17.1. The summed E-state index contributed by atoms with van der Waals surface area (Å²) in [6.45, 7) is 5.88.